The van der Waals surface area contributed by atoms with Gasteiger partial charge in [0.25, 0.3) is 0 Å². The quantitative estimate of drug-likeness (QED) is 0.832. The fourth-order valence-electron chi connectivity index (χ4n) is 1.61. The van der Waals surface area contributed by atoms with Crippen LogP contribution in [0.2, 0.25) is 0 Å². The van der Waals surface area contributed by atoms with Gasteiger partial charge in [-0.1, -0.05) is 42.8 Å². The molecule has 0 aliphatic carbocycles. The van der Waals surface area contributed by atoms with Crippen LogP contribution in [0.15, 0.2) is 35.0 Å². The second kappa shape index (κ2) is 4.17. The predicted molar refractivity (Wildman–Crippen MR) is 60.3 cm³/mol. The highest BCUT2D eigenvalue weighted by molar-refractivity contribution is 5.71. The second-order valence-electron chi connectivity index (χ2n) is 3.55. The molecule has 0 amide bonds. The third-order valence-corrected chi connectivity index (χ3v) is 2.40. The van der Waals surface area contributed by atoms with E-state index in [9.17, 15) is 0 Å². The van der Waals surface area contributed by atoms with Crippen LogP contribution in [-0.2, 0) is 6.42 Å². The average Bonchev–Trinajstić information content (AvgIpc) is 2.66. The molecular weight excluding hydrogens is 188 g/mol. The van der Waals surface area contributed by atoms with Crippen LogP contribution in [-0.4, -0.2) is 5.16 Å². The molecular formula is C12H14N2O. The third-order valence-electron chi connectivity index (χ3n) is 2.40. The van der Waals surface area contributed by atoms with E-state index in [1.165, 1.54) is 5.56 Å². The highest BCUT2D eigenvalue weighted by Gasteiger charge is 2.05. The summed E-state index contributed by atoms with van der Waals surface area (Å²) in [5, 5.41) is 3.66. The molecule has 0 aliphatic heterocycles. The molecule has 2 N–H and O–H groups in total. The van der Waals surface area contributed by atoms with Crippen molar-refractivity contribution in [2.75, 3.05) is 5.73 Å². The summed E-state index contributed by atoms with van der Waals surface area (Å²) in [6.07, 6.45) is 3.91. The summed E-state index contributed by atoms with van der Waals surface area (Å²) in [4.78, 5) is 0. The molecule has 2 rings (SSSR count). The smallest absolute Gasteiger partial charge is 0.229 e. The van der Waals surface area contributed by atoms with Crippen LogP contribution in [0.4, 0.5) is 5.88 Å². The Morgan fingerprint density at radius 3 is 2.53 bits per heavy atom. The van der Waals surface area contributed by atoms with Gasteiger partial charge in [0.15, 0.2) is 0 Å². The van der Waals surface area contributed by atoms with Crippen LogP contribution in [0.5, 0.6) is 0 Å². The zero-order valence-electron chi connectivity index (χ0n) is 8.73. The third kappa shape index (κ3) is 2.01. The lowest BCUT2D eigenvalue weighted by atomic mass is 10.0. The first-order valence-corrected chi connectivity index (χ1v) is 5.10. The number of benzene rings is 1. The number of nitrogens with two attached hydrogens (primary N) is 1. The number of rotatable bonds is 3. The van der Waals surface area contributed by atoms with Crippen molar-refractivity contribution >= 4 is 5.88 Å². The maximum Gasteiger partial charge on any atom is 0.229 e. The minimum Gasteiger partial charge on any atom is -0.367 e. The van der Waals surface area contributed by atoms with Crippen molar-refractivity contribution in [1.29, 1.82) is 0 Å². The lowest BCUT2D eigenvalue weighted by Gasteiger charge is -2.01. The fourth-order valence-corrected chi connectivity index (χ4v) is 1.61. The normalized spacial score (nSPS) is 10.5. The van der Waals surface area contributed by atoms with E-state index >= 15 is 0 Å². The van der Waals surface area contributed by atoms with Crippen LogP contribution in [0.25, 0.3) is 11.1 Å². The minimum absolute atomic E-state index is 0.373. The number of hydrogen-bond acceptors (Lipinski definition) is 3. The molecule has 0 aliphatic rings. The van der Waals surface area contributed by atoms with Crippen LogP contribution in [0, 0.1) is 0 Å². The molecule has 1 heterocycles. The van der Waals surface area contributed by atoms with Crippen molar-refractivity contribution < 1.29 is 4.52 Å². The van der Waals surface area contributed by atoms with Crippen molar-refractivity contribution in [1.82, 2.24) is 5.16 Å². The van der Waals surface area contributed by atoms with Crippen molar-refractivity contribution in [3.05, 3.63) is 36.0 Å². The Morgan fingerprint density at radius 2 is 2.00 bits per heavy atom. The van der Waals surface area contributed by atoms with E-state index in [0.717, 1.165) is 24.0 Å². The predicted octanol–water partition coefficient (Wildman–Crippen LogP) is 2.88. The number of aryl methyl sites for hydroxylation is 1. The van der Waals surface area contributed by atoms with Gasteiger partial charge in [0.1, 0.15) is 0 Å². The summed E-state index contributed by atoms with van der Waals surface area (Å²) in [7, 11) is 0. The maximum atomic E-state index is 5.64. The first-order valence-electron chi connectivity index (χ1n) is 5.10. The van der Waals surface area contributed by atoms with Gasteiger partial charge in [-0.3, -0.25) is 0 Å². The summed E-state index contributed by atoms with van der Waals surface area (Å²) < 4.78 is 4.82. The molecule has 78 valence electrons. The summed E-state index contributed by atoms with van der Waals surface area (Å²) in [5.74, 6) is 0.373. The Balaban J connectivity index is 2.28. The molecule has 2 aromatic rings. The standard InChI is InChI=1S/C12H14N2O/c1-2-3-9-4-6-10(7-5-9)11-8-14-15-12(11)13/h4-8H,2-3,13H2,1H3. The van der Waals surface area contributed by atoms with Gasteiger partial charge in [-0.05, 0) is 17.5 Å². The Bertz CT molecular complexity index is 431. The Kier molecular flexibility index (Phi) is 2.72. The Labute approximate surface area is 88.9 Å². The SMILES string of the molecule is CCCc1ccc(-c2cnoc2N)cc1. The van der Waals surface area contributed by atoms with Crippen LogP contribution in [0.1, 0.15) is 18.9 Å². The lowest BCUT2D eigenvalue weighted by molar-refractivity contribution is 0.436. The van der Waals surface area contributed by atoms with E-state index in [-0.39, 0.29) is 0 Å². The summed E-state index contributed by atoms with van der Waals surface area (Å²) >= 11 is 0. The monoisotopic (exact) mass is 202 g/mol. The second-order valence-corrected chi connectivity index (χ2v) is 3.55. The molecule has 15 heavy (non-hydrogen) atoms. The molecule has 0 fully saturated rings. The molecule has 0 saturated heterocycles. The maximum absolute atomic E-state index is 5.64. The molecule has 0 radical (unpaired) electrons. The van der Waals surface area contributed by atoms with Gasteiger partial charge in [-0.2, -0.15) is 0 Å². The number of nitrogens with zero attached hydrogens (tertiary/aromatic N) is 1. The van der Waals surface area contributed by atoms with E-state index in [1.807, 2.05) is 12.1 Å². The number of aromatic nitrogens is 1. The molecule has 0 bridgehead atoms. The molecule has 1 aromatic heterocycles. The van der Waals surface area contributed by atoms with Crippen molar-refractivity contribution in [2.45, 2.75) is 19.8 Å². The van der Waals surface area contributed by atoms with Crippen LogP contribution < -0.4 is 5.73 Å². The molecule has 0 spiro atoms. The Morgan fingerprint density at radius 1 is 1.27 bits per heavy atom. The molecule has 0 atom stereocenters. The zero-order chi connectivity index (χ0) is 10.7. The highest BCUT2D eigenvalue weighted by Crippen LogP contribution is 2.25. The summed E-state index contributed by atoms with van der Waals surface area (Å²) in [6, 6.07) is 8.33. The minimum atomic E-state index is 0.373. The van der Waals surface area contributed by atoms with Crippen LogP contribution in [0.3, 0.4) is 0 Å². The van der Waals surface area contributed by atoms with Gasteiger partial charge in [-0.25, -0.2) is 0 Å². The molecule has 0 saturated carbocycles. The van der Waals surface area contributed by atoms with Crippen molar-refractivity contribution in [3.63, 3.8) is 0 Å². The largest absolute Gasteiger partial charge is 0.367 e. The van der Waals surface area contributed by atoms with Gasteiger partial charge in [-0.15, -0.1) is 0 Å². The van der Waals surface area contributed by atoms with Gasteiger partial charge in [0.2, 0.25) is 5.88 Å². The van der Waals surface area contributed by atoms with Gasteiger partial charge < -0.3 is 10.3 Å². The molecule has 0 unspecified atom stereocenters. The van der Waals surface area contributed by atoms with Crippen LogP contribution >= 0.6 is 0 Å². The first kappa shape index (κ1) is 9.77. The molecule has 1 aromatic carbocycles. The van der Waals surface area contributed by atoms with Gasteiger partial charge >= 0.3 is 0 Å². The summed E-state index contributed by atoms with van der Waals surface area (Å²) in [6.45, 7) is 2.17. The first-order chi connectivity index (χ1) is 7.31. The van der Waals surface area contributed by atoms with Crippen molar-refractivity contribution in [3.8, 4) is 11.1 Å². The van der Waals surface area contributed by atoms with Crippen molar-refractivity contribution in [2.24, 2.45) is 0 Å². The number of hydrogen-bond donors (Lipinski definition) is 1. The highest BCUT2D eigenvalue weighted by atomic mass is 16.5. The van der Waals surface area contributed by atoms with E-state index in [1.54, 1.807) is 6.20 Å². The molecule has 3 heteroatoms. The number of anilines is 1. The fraction of sp³-hybridized carbons (Fsp3) is 0.250. The average molecular weight is 202 g/mol. The zero-order valence-corrected chi connectivity index (χ0v) is 8.73. The van der Waals surface area contributed by atoms with Gasteiger partial charge in [0.05, 0.1) is 11.8 Å². The van der Waals surface area contributed by atoms with Gasteiger partial charge in [0, 0.05) is 0 Å². The lowest BCUT2D eigenvalue weighted by Crippen LogP contribution is -1.86. The Hall–Kier alpha value is -1.77. The number of nitrogen functional groups attached to an aromatic ring is 1. The summed E-state index contributed by atoms with van der Waals surface area (Å²) in [5.41, 5.74) is 8.89. The van der Waals surface area contributed by atoms with E-state index in [2.05, 4.69) is 24.2 Å². The van der Waals surface area contributed by atoms with E-state index in [0.29, 0.717) is 5.88 Å². The topological polar surface area (TPSA) is 52.0 Å². The van der Waals surface area contributed by atoms with E-state index in [4.69, 9.17) is 10.3 Å². The molecule has 3 nitrogen and oxygen atoms in total. The van der Waals surface area contributed by atoms with E-state index < -0.39 is 0 Å².